The van der Waals surface area contributed by atoms with E-state index in [4.69, 9.17) is 19.9 Å². The Bertz CT molecular complexity index is 602. The highest BCUT2D eigenvalue weighted by molar-refractivity contribution is 7.99. The summed E-state index contributed by atoms with van der Waals surface area (Å²) in [7, 11) is 4.84. The molecule has 0 fully saturated rings. The number of nitrogen functional groups attached to an aromatic ring is 1. The van der Waals surface area contributed by atoms with Crippen LogP contribution in [0.2, 0.25) is 0 Å². The SMILES string of the molecule is COc1cccc(Sc2cc(OC)c(OC)cc2N)c1. The maximum Gasteiger partial charge on any atom is 0.162 e. The van der Waals surface area contributed by atoms with E-state index in [0.717, 1.165) is 15.5 Å². The fourth-order valence-electron chi connectivity index (χ4n) is 1.76. The summed E-state index contributed by atoms with van der Waals surface area (Å²) in [6.45, 7) is 0. The molecule has 0 amide bonds. The highest BCUT2D eigenvalue weighted by Crippen LogP contribution is 2.40. The number of nitrogens with two attached hydrogens (primary N) is 1. The predicted octanol–water partition coefficient (Wildman–Crippen LogP) is 3.45. The van der Waals surface area contributed by atoms with Gasteiger partial charge in [0.2, 0.25) is 0 Å². The zero-order chi connectivity index (χ0) is 14.5. The van der Waals surface area contributed by atoms with E-state index in [0.29, 0.717) is 17.2 Å². The molecule has 0 aliphatic heterocycles. The molecule has 0 unspecified atom stereocenters. The molecule has 0 aliphatic carbocycles. The van der Waals surface area contributed by atoms with Crippen molar-refractivity contribution < 1.29 is 14.2 Å². The lowest BCUT2D eigenvalue weighted by molar-refractivity contribution is 0.354. The van der Waals surface area contributed by atoms with E-state index in [9.17, 15) is 0 Å². The maximum atomic E-state index is 6.05. The van der Waals surface area contributed by atoms with Gasteiger partial charge in [0.15, 0.2) is 11.5 Å². The molecule has 20 heavy (non-hydrogen) atoms. The van der Waals surface area contributed by atoms with Crippen LogP contribution >= 0.6 is 11.8 Å². The molecule has 5 heteroatoms. The molecule has 2 N–H and O–H groups in total. The first-order chi connectivity index (χ1) is 9.67. The quantitative estimate of drug-likeness (QED) is 0.855. The van der Waals surface area contributed by atoms with Crippen molar-refractivity contribution >= 4 is 17.4 Å². The first kappa shape index (κ1) is 14.4. The zero-order valence-electron chi connectivity index (χ0n) is 11.7. The van der Waals surface area contributed by atoms with Gasteiger partial charge in [-0.3, -0.25) is 0 Å². The molecule has 0 aromatic heterocycles. The van der Waals surface area contributed by atoms with E-state index < -0.39 is 0 Å². The summed E-state index contributed by atoms with van der Waals surface area (Å²) in [4.78, 5) is 1.96. The predicted molar refractivity (Wildman–Crippen MR) is 81.1 cm³/mol. The Morgan fingerprint density at radius 3 is 2.25 bits per heavy atom. The number of rotatable bonds is 5. The van der Waals surface area contributed by atoms with Gasteiger partial charge in [-0.1, -0.05) is 17.8 Å². The molecule has 0 bridgehead atoms. The van der Waals surface area contributed by atoms with E-state index in [-0.39, 0.29) is 0 Å². The molecule has 0 atom stereocenters. The molecular weight excluding hydrogens is 274 g/mol. The molecule has 0 spiro atoms. The van der Waals surface area contributed by atoms with Crippen molar-refractivity contribution in [2.75, 3.05) is 27.1 Å². The van der Waals surface area contributed by atoms with Crippen molar-refractivity contribution in [3.63, 3.8) is 0 Å². The Morgan fingerprint density at radius 2 is 1.60 bits per heavy atom. The number of benzene rings is 2. The lowest BCUT2D eigenvalue weighted by atomic mass is 10.3. The summed E-state index contributed by atoms with van der Waals surface area (Å²) in [6, 6.07) is 11.4. The van der Waals surface area contributed by atoms with Crippen LogP contribution in [-0.4, -0.2) is 21.3 Å². The Morgan fingerprint density at radius 1 is 0.900 bits per heavy atom. The second kappa shape index (κ2) is 6.43. The van der Waals surface area contributed by atoms with Crippen LogP contribution in [0.25, 0.3) is 0 Å². The number of hydrogen-bond acceptors (Lipinski definition) is 5. The van der Waals surface area contributed by atoms with Crippen LogP contribution in [-0.2, 0) is 0 Å². The normalized spacial score (nSPS) is 10.2. The van der Waals surface area contributed by atoms with E-state index in [2.05, 4.69) is 0 Å². The average Bonchev–Trinajstić information content (AvgIpc) is 2.49. The van der Waals surface area contributed by atoms with Gasteiger partial charge >= 0.3 is 0 Å². The summed E-state index contributed by atoms with van der Waals surface area (Å²) in [6.07, 6.45) is 0. The molecular formula is C15H17NO3S. The molecule has 0 saturated heterocycles. The van der Waals surface area contributed by atoms with Crippen molar-refractivity contribution in [1.82, 2.24) is 0 Å². The standard InChI is InChI=1S/C15H17NO3S/c1-17-10-5-4-6-11(7-10)20-15-9-14(19-3)13(18-2)8-12(15)16/h4-9H,16H2,1-3H3. The van der Waals surface area contributed by atoms with Gasteiger partial charge in [-0.2, -0.15) is 0 Å². The van der Waals surface area contributed by atoms with Crippen molar-refractivity contribution in [3.8, 4) is 17.2 Å². The summed E-state index contributed by atoms with van der Waals surface area (Å²) >= 11 is 1.55. The number of methoxy groups -OCH3 is 3. The maximum absolute atomic E-state index is 6.05. The Labute approximate surface area is 122 Å². The molecule has 2 aromatic carbocycles. The van der Waals surface area contributed by atoms with Gasteiger partial charge in [0.05, 0.1) is 21.3 Å². The number of anilines is 1. The third kappa shape index (κ3) is 3.11. The third-order valence-corrected chi connectivity index (χ3v) is 3.85. The lowest BCUT2D eigenvalue weighted by Gasteiger charge is -2.12. The van der Waals surface area contributed by atoms with Crippen molar-refractivity contribution in [2.45, 2.75) is 9.79 Å². The van der Waals surface area contributed by atoms with Crippen LogP contribution in [0.4, 0.5) is 5.69 Å². The molecule has 4 nitrogen and oxygen atoms in total. The molecule has 2 aromatic rings. The molecule has 0 radical (unpaired) electrons. The summed E-state index contributed by atoms with van der Waals surface area (Å²) in [5, 5.41) is 0. The van der Waals surface area contributed by atoms with Gasteiger partial charge in [-0.25, -0.2) is 0 Å². The highest BCUT2D eigenvalue weighted by Gasteiger charge is 2.10. The molecule has 106 valence electrons. The van der Waals surface area contributed by atoms with Crippen LogP contribution in [0.15, 0.2) is 46.2 Å². The van der Waals surface area contributed by atoms with Gasteiger partial charge in [0, 0.05) is 21.5 Å². The van der Waals surface area contributed by atoms with Gasteiger partial charge in [0.1, 0.15) is 5.75 Å². The van der Waals surface area contributed by atoms with Crippen LogP contribution in [0, 0.1) is 0 Å². The highest BCUT2D eigenvalue weighted by atomic mass is 32.2. The van der Waals surface area contributed by atoms with Crippen LogP contribution in [0.1, 0.15) is 0 Å². The molecule has 0 aliphatic rings. The van der Waals surface area contributed by atoms with Gasteiger partial charge in [-0.15, -0.1) is 0 Å². The second-order valence-corrected chi connectivity index (χ2v) is 5.14. The minimum absolute atomic E-state index is 0.625. The monoisotopic (exact) mass is 291 g/mol. The number of ether oxygens (including phenoxy) is 3. The largest absolute Gasteiger partial charge is 0.497 e. The van der Waals surface area contributed by atoms with E-state index in [1.807, 2.05) is 30.3 Å². The second-order valence-electron chi connectivity index (χ2n) is 4.03. The van der Waals surface area contributed by atoms with Crippen molar-refractivity contribution in [2.24, 2.45) is 0 Å². The van der Waals surface area contributed by atoms with Crippen molar-refractivity contribution in [1.29, 1.82) is 0 Å². The molecule has 0 heterocycles. The van der Waals surface area contributed by atoms with Crippen molar-refractivity contribution in [3.05, 3.63) is 36.4 Å². The van der Waals surface area contributed by atoms with Crippen LogP contribution in [0.3, 0.4) is 0 Å². The Balaban J connectivity index is 2.32. The van der Waals surface area contributed by atoms with Crippen LogP contribution in [0.5, 0.6) is 17.2 Å². The first-order valence-corrected chi connectivity index (χ1v) is 6.83. The minimum atomic E-state index is 0.625. The van der Waals surface area contributed by atoms with Crippen LogP contribution < -0.4 is 19.9 Å². The zero-order valence-corrected chi connectivity index (χ0v) is 12.5. The minimum Gasteiger partial charge on any atom is -0.497 e. The third-order valence-electron chi connectivity index (χ3n) is 2.78. The number of hydrogen-bond donors (Lipinski definition) is 1. The lowest BCUT2D eigenvalue weighted by Crippen LogP contribution is -1.95. The topological polar surface area (TPSA) is 53.7 Å². The fraction of sp³-hybridized carbons (Fsp3) is 0.200. The Kier molecular flexibility index (Phi) is 4.63. The summed E-state index contributed by atoms with van der Waals surface area (Å²) in [5.41, 5.74) is 6.70. The Hall–Kier alpha value is -2.01. The van der Waals surface area contributed by atoms with E-state index in [1.165, 1.54) is 0 Å². The molecule has 0 saturated carbocycles. The average molecular weight is 291 g/mol. The first-order valence-electron chi connectivity index (χ1n) is 6.01. The summed E-state index contributed by atoms with van der Waals surface area (Å²) in [5.74, 6) is 2.10. The van der Waals surface area contributed by atoms with Gasteiger partial charge < -0.3 is 19.9 Å². The smallest absolute Gasteiger partial charge is 0.162 e. The fourth-order valence-corrected chi connectivity index (χ4v) is 2.67. The van der Waals surface area contributed by atoms with E-state index in [1.54, 1.807) is 39.2 Å². The van der Waals surface area contributed by atoms with Gasteiger partial charge in [-0.05, 0) is 24.3 Å². The molecule has 2 rings (SSSR count). The summed E-state index contributed by atoms with van der Waals surface area (Å²) < 4.78 is 15.7. The van der Waals surface area contributed by atoms with Gasteiger partial charge in [0.25, 0.3) is 0 Å². The van der Waals surface area contributed by atoms with E-state index >= 15 is 0 Å².